The molecule has 0 fully saturated rings. The molecule has 3 aromatic carbocycles. The number of pyridine rings is 1. The molecule has 0 saturated heterocycles. The minimum Gasteiger partial charge on any atom is -0.497 e. The summed E-state index contributed by atoms with van der Waals surface area (Å²) in [4.78, 5) is 18.3. The van der Waals surface area contributed by atoms with E-state index in [0.29, 0.717) is 22.8 Å². The number of methoxy groups -OCH3 is 2. The maximum Gasteiger partial charge on any atom is 0.256 e. The van der Waals surface area contributed by atoms with E-state index in [1.165, 1.54) is 5.56 Å². The molecule has 1 aromatic heterocycles. The van der Waals surface area contributed by atoms with Crippen molar-refractivity contribution in [2.45, 2.75) is 20.8 Å². The lowest BCUT2D eigenvalue weighted by Crippen LogP contribution is -2.15. The highest BCUT2D eigenvalue weighted by Crippen LogP contribution is 2.34. The zero-order chi connectivity index (χ0) is 22.8. The molecule has 0 bridgehead atoms. The Morgan fingerprint density at radius 1 is 0.875 bits per heavy atom. The number of nitrogens with zero attached hydrogens (tertiary/aromatic N) is 1. The van der Waals surface area contributed by atoms with Crippen LogP contribution in [0.2, 0.25) is 0 Å². The zero-order valence-corrected chi connectivity index (χ0v) is 18.9. The summed E-state index contributed by atoms with van der Waals surface area (Å²) in [6.45, 7) is 6.07. The molecular weight excluding hydrogens is 400 g/mol. The first-order chi connectivity index (χ1) is 15.4. The van der Waals surface area contributed by atoms with Gasteiger partial charge in [-0.3, -0.25) is 4.79 Å². The predicted molar refractivity (Wildman–Crippen MR) is 129 cm³/mol. The Morgan fingerprint density at radius 2 is 1.59 bits per heavy atom. The van der Waals surface area contributed by atoms with Crippen molar-refractivity contribution < 1.29 is 14.3 Å². The van der Waals surface area contributed by atoms with Gasteiger partial charge in [-0.2, -0.15) is 0 Å². The average molecular weight is 427 g/mol. The Morgan fingerprint density at radius 3 is 2.28 bits per heavy atom. The number of anilines is 1. The fourth-order valence-corrected chi connectivity index (χ4v) is 4.07. The molecule has 0 saturated carbocycles. The van der Waals surface area contributed by atoms with E-state index in [0.717, 1.165) is 33.3 Å². The van der Waals surface area contributed by atoms with Crippen LogP contribution in [0.1, 0.15) is 27.0 Å². The summed E-state index contributed by atoms with van der Waals surface area (Å²) in [5.74, 6) is 1.14. The van der Waals surface area contributed by atoms with Crippen LogP contribution in [0.15, 0.2) is 60.7 Å². The number of rotatable bonds is 5. The number of carbonyl (C=O) groups is 1. The Kier molecular flexibility index (Phi) is 5.82. The summed E-state index contributed by atoms with van der Waals surface area (Å²) >= 11 is 0. The first-order valence-corrected chi connectivity index (χ1v) is 10.4. The summed E-state index contributed by atoms with van der Waals surface area (Å²) in [5, 5.41) is 3.92. The predicted octanol–water partition coefficient (Wildman–Crippen LogP) is 6.10. The van der Waals surface area contributed by atoms with Crippen LogP contribution < -0.4 is 14.8 Å². The molecule has 0 aliphatic heterocycles. The van der Waals surface area contributed by atoms with E-state index >= 15 is 0 Å². The summed E-state index contributed by atoms with van der Waals surface area (Å²) in [6, 6.07) is 19.2. The minimum absolute atomic E-state index is 0.174. The van der Waals surface area contributed by atoms with Gasteiger partial charge < -0.3 is 14.8 Å². The lowest BCUT2D eigenvalue weighted by molar-refractivity contribution is 0.102. The molecule has 1 N–H and O–H groups in total. The van der Waals surface area contributed by atoms with Gasteiger partial charge in [-0.05, 0) is 56.2 Å². The van der Waals surface area contributed by atoms with Crippen LogP contribution >= 0.6 is 0 Å². The molecule has 0 aliphatic rings. The summed E-state index contributed by atoms with van der Waals surface area (Å²) < 4.78 is 10.9. The van der Waals surface area contributed by atoms with Gasteiger partial charge in [-0.15, -0.1) is 0 Å². The summed E-state index contributed by atoms with van der Waals surface area (Å²) in [7, 11) is 3.22. The van der Waals surface area contributed by atoms with Gasteiger partial charge in [0.1, 0.15) is 11.5 Å². The van der Waals surface area contributed by atoms with Crippen molar-refractivity contribution in [2.75, 3.05) is 19.5 Å². The molecule has 5 heteroatoms. The van der Waals surface area contributed by atoms with Gasteiger partial charge in [0.15, 0.2) is 0 Å². The topological polar surface area (TPSA) is 60.5 Å². The quantitative estimate of drug-likeness (QED) is 0.419. The first kappa shape index (κ1) is 21.4. The number of fused-ring (bicyclic) bond motifs is 1. The average Bonchev–Trinajstić information content (AvgIpc) is 2.80. The van der Waals surface area contributed by atoms with Crippen molar-refractivity contribution in [3.8, 4) is 22.8 Å². The van der Waals surface area contributed by atoms with Crippen LogP contribution in [0, 0.1) is 20.8 Å². The van der Waals surface area contributed by atoms with Crippen molar-refractivity contribution >= 4 is 22.5 Å². The van der Waals surface area contributed by atoms with Crippen LogP contribution in [0.5, 0.6) is 11.5 Å². The summed E-state index contributed by atoms with van der Waals surface area (Å²) in [5.41, 5.74) is 6.82. The monoisotopic (exact) mass is 426 g/mol. The van der Waals surface area contributed by atoms with E-state index in [-0.39, 0.29) is 5.91 Å². The fraction of sp³-hybridized carbons (Fsp3) is 0.185. The highest BCUT2D eigenvalue weighted by molar-refractivity contribution is 6.13. The number of benzene rings is 3. The van der Waals surface area contributed by atoms with Gasteiger partial charge in [-0.1, -0.05) is 35.9 Å². The molecule has 0 unspecified atom stereocenters. The van der Waals surface area contributed by atoms with Gasteiger partial charge >= 0.3 is 0 Å². The maximum absolute atomic E-state index is 13.5. The van der Waals surface area contributed by atoms with E-state index in [1.807, 2.05) is 62.4 Å². The van der Waals surface area contributed by atoms with Gasteiger partial charge in [0, 0.05) is 22.7 Å². The zero-order valence-electron chi connectivity index (χ0n) is 18.9. The van der Waals surface area contributed by atoms with Gasteiger partial charge in [0.05, 0.1) is 31.0 Å². The Labute approximate surface area is 188 Å². The molecule has 0 aliphatic carbocycles. The normalized spacial score (nSPS) is 10.8. The third-order valence-corrected chi connectivity index (χ3v) is 5.56. The smallest absolute Gasteiger partial charge is 0.256 e. The number of nitrogens with one attached hydrogen (secondary N) is 1. The van der Waals surface area contributed by atoms with Gasteiger partial charge in [0.25, 0.3) is 5.91 Å². The van der Waals surface area contributed by atoms with E-state index in [2.05, 4.69) is 24.4 Å². The third-order valence-electron chi connectivity index (χ3n) is 5.56. The maximum atomic E-state index is 13.5. The SMILES string of the molecule is COc1ccc(-c2cc(C(=O)Nc3c(C)cc(C)cc3C)c3ccccc3n2)c(OC)c1. The fourth-order valence-electron chi connectivity index (χ4n) is 4.07. The standard InChI is InChI=1S/C27H26N2O3/c1-16-12-17(2)26(18(3)13-16)29-27(30)22-15-24(28-23-9-7-6-8-20(22)23)21-11-10-19(31-4)14-25(21)32-5/h6-15H,1-5H3,(H,29,30). The molecule has 4 aromatic rings. The number of aryl methyl sites for hydroxylation is 3. The van der Waals surface area contributed by atoms with E-state index in [4.69, 9.17) is 14.5 Å². The minimum atomic E-state index is -0.174. The molecule has 0 radical (unpaired) electrons. The van der Waals surface area contributed by atoms with Crippen LogP contribution in [0.4, 0.5) is 5.69 Å². The van der Waals surface area contributed by atoms with Gasteiger partial charge in [0.2, 0.25) is 0 Å². The van der Waals surface area contributed by atoms with E-state index < -0.39 is 0 Å². The van der Waals surface area contributed by atoms with Crippen molar-refractivity contribution in [1.82, 2.24) is 4.98 Å². The largest absolute Gasteiger partial charge is 0.497 e. The number of amides is 1. The Bertz CT molecular complexity index is 1310. The van der Waals surface area contributed by atoms with Crippen LogP contribution in [0.3, 0.4) is 0 Å². The number of para-hydroxylation sites is 1. The van der Waals surface area contributed by atoms with Crippen molar-refractivity contribution in [1.29, 1.82) is 0 Å². The Balaban J connectivity index is 1.85. The molecule has 4 rings (SSSR count). The molecular formula is C27H26N2O3. The first-order valence-electron chi connectivity index (χ1n) is 10.4. The Hall–Kier alpha value is -3.86. The van der Waals surface area contributed by atoms with Gasteiger partial charge in [-0.25, -0.2) is 4.98 Å². The molecule has 32 heavy (non-hydrogen) atoms. The number of aromatic nitrogens is 1. The molecule has 162 valence electrons. The van der Waals surface area contributed by atoms with Crippen molar-refractivity contribution in [3.63, 3.8) is 0 Å². The number of hydrogen-bond donors (Lipinski definition) is 1. The van der Waals surface area contributed by atoms with Crippen LogP contribution in [0.25, 0.3) is 22.2 Å². The highest BCUT2D eigenvalue weighted by atomic mass is 16.5. The van der Waals surface area contributed by atoms with Crippen LogP contribution in [-0.2, 0) is 0 Å². The third kappa shape index (κ3) is 4.02. The second-order valence-corrected chi connectivity index (χ2v) is 7.87. The van der Waals surface area contributed by atoms with Crippen molar-refractivity contribution in [3.05, 3.63) is 82.9 Å². The lowest BCUT2D eigenvalue weighted by Gasteiger charge is -2.15. The lowest BCUT2D eigenvalue weighted by atomic mass is 10.0. The summed E-state index contributed by atoms with van der Waals surface area (Å²) in [6.07, 6.45) is 0. The highest BCUT2D eigenvalue weighted by Gasteiger charge is 2.18. The molecule has 5 nitrogen and oxygen atoms in total. The molecule has 1 amide bonds. The van der Waals surface area contributed by atoms with Crippen molar-refractivity contribution in [2.24, 2.45) is 0 Å². The number of hydrogen-bond acceptors (Lipinski definition) is 4. The van der Waals surface area contributed by atoms with E-state index in [1.54, 1.807) is 14.2 Å². The number of carbonyl (C=O) groups excluding carboxylic acids is 1. The number of ether oxygens (including phenoxy) is 2. The van der Waals surface area contributed by atoms with Crippen LogP contribution in [-0.4, -0.2) is 25.1 Å². The van der Waals surface area contributed by atoms with E-state index in [9.17, 15) is 4.79 Å². The molecule has 1 heterocycles. The second kappa shape index (κ2) is 8.71. The molecule has 0 atom stereocenters. The molecule has 0 spiro atoms. The second-order valence-electron chi connectivity index (χ2n) is 7.87.